The maximum Gasteiger partial charge on any atom is 0.240 e. The number of anilines is 1. The number of para-hydroxylation sites is 1. The zero-order valence-electron chi connectivity index (χ0n) is 23.9. The average Bonchev–Trinajstić information content (AvgIpc) is 3.37. The molecule has 7 heteroatoms. The van der Waals surface area contributed by atoms with Crippen LogP contribution in [0.4, 0.5) is 5.69 Å². The van der Waals surface area contributed by atoms with Crippen molar-refractivity contribution in [2.45, 2.75) is 76.0 Å². The third kappa shape index (κ3) is 7.27. The molecule has 0 bridgehead atoms. The molecule has 1 saturated carbocycles. The van der Waals surface area contributed by atoms with Crippen molar-refractivity contribution in [3.63, 3.8) is 0 Å². The number of hydrogen-bond donors (Lipinski definition) is 3. The number of aromatic nitrogens is 1. The molecule has 3 aromatic carbocycles. The first kappa shape index (κ1) is 29.1. The molecule has 0 saturated heterocycles. The summed E-state index contributed by atoms with van der Waals surface area (Å²) in [5.74, 6) is 0.184. The maximum absolute atomic E-state index is 13.1. The number of hydrogen-bond acceptors (Lipinski definition) is 3. The molecule has 0 spiro atoms. The number of aryl methyl sites for hydroxylation is 1. The van der Waals surface area contributed by atoms with Gasteiger partial charge in [0.05, 0.1) is 4.90 Å². The highest BCUT2D eigenvalue weighted by molar-refractivity contribution is 7.89. The molecule has 0 radical (unpaired) electrons. The van der Waals surface area contributed by atoms with Gasteiger partial charge in [-0.3, -0.25) is 4.79 Å². The average molecular weight is 572 g/mol. The lowest BCUT2D eigenvalue weighted by Gasteiger charge is -2.20. The molecule has 1 aromatic heterocycles. The van der Waals surface area contributed by atoms with E-state index in [1.807, 2.05) is 54.6 Å². The highest BCUT2D eigenvalue weighted by Gasteiger charge is 2.22. The Morgan fingerprint density at radius 3 is 2.46 bits per heavy atom. The van der Waals surface area contributed by atoms with Crippen LogP contribution in [0.25, 0.3) is 22.2 Å². The molecule has 6 nitrogen and oxygen atoms in total. The number of sulfonamides is 1. The topological polar surface area (TPSA) is 91.1 Å². The number of aromatic amines is 1. The Balaban J connectivity index is 1.31. The normalized spacial score (nSPS) is 14.4. The molecule has 0 unspecified atom stereocenters. The molecule has 3 N–H and O–H groups in total. The van der Waals surface area contributed by atoms with Crippen LogP contribution in [0.5, 0.6) is 0 Å². The summed E-state index contributed by atoms with van der Waals surface area (Å²) in [4.78, 5) is 16.7. The van der Waals surface area contributed by atoms with Gasteiger partial charge in [-0.25, -0.2) is 13.1 Å². The minimum absolute atomic E-state index is 0.0846. The Labute approximate surface area is 244 Å². The molecular formula is C34H41N3O3S. The second-order valence-electron chi connectivity index (χ2n) is 11.2. The largest absolute Gasteiger partial charge is 0.354 e. The van der Waals surface area contributed by atoms with E-state index in [9.17, 15) is 13.2 Å². The Kier molecular flexibility index (Phi) is 9.57. The first-order valence-electron chi connectivity index (χ1n) is 15.0. The fourth-order valence-electron chi connectivity index (χ4n) is 5.88. The molecule has 1 fully saturated rings. The molecule has 0 aliphatic heterocycles. The van der Waals surface area contributed by atoms with Gasteiger partial charge in [0.2, 0.25) is 15.9 Å². The number of amides is 1. The number of fused-ring (bicyclic) bond motifs is 1. The highest BCUT2D eigenvalue weighted by Crippen LogP contribution is 2.32. The van der Waals surface area contributed by atoms with Gasteiger partial charge < -0.3 is 10.3 Å². The first-order chi connectivity index (χ1) is 19.9. The van der Waals surface area contributed by atoms with Crippen LogP contribution in [0.15, 0.2) is 77.7 Å². The van der Waals surface area contributed by atoms with Crippen molar-refractivity contribution >= 4 is 32.5 Å². The summed E-state index contributed by atoms with van der Waals surface area (Å²) in [6.45, 7) is 2.45. The predicted octanol–water partition coefficient (Wildman–Crippen LogP) is 7.61. The number of benzene rings is 3. The standard InChI is InChI=1S/C34H41N3O3S/c1-2-3-5-11-25-18-20-29(21-19-25)41(39,40)35-23-22-31-30-16-8-9-17-32(30)37-33(31)27-14-10-15-28(24-27)36-34(38)26-12-6-4-7-13-26/h8-10,14-21,24,26,35,37H,2-7,11-13,22-23H2,1H3,(H,36,38). The molecule has 1 heterocycles. The predicted molar refractivity (Wildman–Crippen MR) is 168 cm³/mol. The summed E-state index contributed by atoms with van der Waals surface area (Å²) in [6, 6.07) is 23.2. The lowest BCUT2D eigenvalue weighted by molar-refractivity contribution is -0.120. The maximum atomic E-state index is 13.1. The monoisotopic (exact) mass is 571 g/mol. The van der Waals surface area contributed by atoms with Crippen molar-refractivity contribution in [2.75, 3.05) is 11.9 Å². The number of rotatable bonds is 12. The molecule has 4 aromatic rings. The number of unbranched alkanes of at least 4 members (excludes halogenated alkanes) is 2. The Morgan fingerprint density at radius 2 is 1.68 bits per heavy atom. The van der Waals surface area contributed by atoms with Crippen LogP contribution in [-0.2, 0) is 27.7 Å². The van der Waals surface area contributed by atoms with Crippen molar-refractivity contribution in [1.82, 2.24) is 9.71 Å². The first-order valence-corrected chi connectivity index (χ1v) is 16.5. The summed E-state index contributed by atoms with van der Waals surface area (Å²) >= 11 is 0. The lowest BCUT2D eigenvalue weighted by atomic mass is 9.88. The number of H-pyrrole nitrogens is 1. The van der Waals surface area contributed by atoms with Crippen molar-refractivity contribution in [2.24, 2.45) is 5.92 Å². The summed E-state index contributed by atoms with van der Waals surface area (Å²) in [6.07, 6.45) is 10.3. The lowest BCUT2D eigenvalue weighted by Crippen LogP contribution is -2.26. The molecule has 5 rings (SSSR count). The van der Waals surface area contributed by atoms with Gasteiger partial charge in [-0.2, -0.15) is 0 Å². The SMILES string of the molecule is CCCCCc1ccc(S(=O)(=O)NCCc2c(-c3cccc(NC(=O)C4CCCCC4)c3)[nH]c3ccccc23)cc1. The Morgan fingerprint density at radius 1 is 0.902 bits per heavy atom. The molecule has 1 aliphatic carbocycles. The van der Waals surface area contributed by atoms with Crippen LogP contribution in [0, 0.1) is 5.92 Å². The molecule has 216 valence electrons. The van der Waals surface area contributed by atoms with E-state index in [1.54, 1.807) is 12.1 Å². The van der Waals surface area contributed by atoms with E-state index in [0.29, 0.717) is 6.42 Å². The van der Waals surface area contributed by atoms with Gasteiger partial charge >= 0.3 is 0 Å². The highest BCUT2D eigenvalue weighted by atomic mass is 32.2. The van der Waals surface area contributed by atoms with Crippen LogP contribution < -0.4 is 10.0 Å². The molecule has 1 aliphatic rings. The van der Waals surface area contributed by atoms with Gasteiger partial charge in [0, 0.05) is 40.3 Å². The third-order valence-corrected chi connectivity index (χ3v) is 9.66. The van der Waals surface area contributed by atoms with Crippen LogP contribution in [0.1, 0.15) is 69.4 Å². The van der Waals surface area contributed by atoms with E-state index in [4.69, 9.17) is 0 Å². The van der Waals surface area contributed by atoms with Gasteiger partial charge in [0.1, 0.15) is 0 Å². The second kappa shape index (κ2) is 13.5. The van der Waals surface area contributed by atoms with Crippen LogP contribution >= 0.6 is 0 Å². The van der Waals surface area contributed by atoms with Gasteiger partial charge in [-0.15, -0.1) is 0 Å². The molecule has 41 heavy (non-hydrogen) atoms. The van der Waals surface area contributed by atoms with Crippen LogP contribution in [0.2, 0.25) is 0 Å². The van der Waals surface area contributed by atoms with E-state index in [0.717, 1.165) is 83.9 Å². The van der Waals surface area contributed by atoms with E-state index >= 15 is 0 Å². The second-order valence-corrected chi connectivity index (χ2v) is 12.9. The number of carbonyl (C=O) groups is 1. The Bertz CT molecular complexity index is 1570. The van der Waals surface area contributed by atoms with Crippen molar-refractivity contribution in [1.29, 1.82) is 0 Å². The quantitative estimate of drug-likeness (QED) is 0.153. The summed E-state index contributed by atoms with van der Waals surface area (Å²) in [5, 5.41) is 4.19. The van der Waals surface area contributed by atoms with Gasteiger partial charge in [0.25, 0.3) is 0 Å². The fourth-order valence-corrected chi connectivity index (χ4v) is 6.91. The molecule has 0 atom stereocenters. The van der Waals surface area contributed by atoms with E-state index in [2.05, 4.69) is 28.0 Å². The zero-order chi connectivity index (χ0) is 28.7. The summed E-state index contributed by atoms with van der Waals surface area (Å²) < 4.78 is 28.9. The molecule has 1 amide bonds. The molecular weight excluding hydrogens is 530 g/mol. The van der Waals surface area contributed by atoms with Crippen molar-refractivity contribution in [3.8, 4) is 11.3 Å². The van der Waals surface area contributed by atoms with Gasteiger partial charge in [-0.1, -0.05) is 81.5 Å². The summed E-state index contributed by atoms with van der Waals surface area (Å²) in [5.41, 5.74) is 5.88. The Hall–Kier alpha value is -3.42. The van der Waals surface area contributed by atoms with Crippen molar-refractivity contribution < 1.29 is 13.2 Å². The number of nitrogens with one attached hydrogen (secondary N) is 3. The van der Waals surface area contributed by atoms with Gasteiger partial charge in [0.15, 0.2) is 0 Å². The smallest absolute Gasteiger partial charge is 0.240 e. The van der Waals surface area contributed by atoms with E-state index in [-0.39, 0.29) is 23.3 Å². The number of carbonyl (C=O) groups excluding carboxylic acids is 1. The minimum atomic E-state index is -3.62. The minimum Gasteiger partial charge on any atom is -0.354 e. The van der Waals surface area contributed by atoms with E-state index in [1.165, 1.54) is 12.8 Å². The zero-order valence-corrected chi connectivity index (χ0v) is 24.7. The van der Waals surface area contributed by atoms with E-state index < -0.39 is 10.0 Å². The third-order valence-electron chi connectivity index (χ3n) is 8.18. The van der Waals surface area contributed by atoms with Crippen molar-refractivity contribution in [3.05, 3.63) is 83.9 Å². The van der Waals surface area contributed by atoms with Crippen LogP contribution in [-0.4, -0.2) is 25.9 Å². The van der Waals surface area contributed by atoms with Gasteiger partial charge in [-0.05, 0) is 73.6 Å². The fraction of sp³-hybridized carbons (Fsp3) is 0.382. The van der Waals surface area contributed by atoms with Crippen LogP contribution in [0.3, 0.4) is 0 Å². The summed E-state index contributed by atoms with van der Waals surface area (Å²) in [7, 11) is -3.62.